The number of thiophene rings is 1. The first-order valence-corrected chi connectivity index (χ1v) is 18.9. The molecule has 51 heavy (non-hydrogen) atoms. The van der Waals surface area contributed by atoms with Crippen molar-refractivity contribution in [3.8, 4) is 67.5 Å². The molecule has 0 fully saturated rings. The molecule has 7 aromatic carbocycles. The van der Waals surface area contributed by atoms with Crippen molar-refractivity contribution in [3.05, 3.63) is 169 Å². The molecule has 2 aromatic heterocycles. The van der Waals surface area contributed by atoms with Crippen LogP contribution in [-0.2, 0) is 5.75 Å². The van der Waals surface area contributed by atoms with E-state index in [9.17, 15) is 0 Å². The highest BCUT2D eigenvalue weighted by Crippen LogP contribution is 2.44. The second-order valence-corrected chi connectivity index (χ2v) is 14.8. The summed E-state index contributed by atoms with van der Waals surface area (Å²) in [6.45, 7) is 0. The summed E-state index contributed by atoms with van der Waals surface area (Å²) in [5.74, 6) is 2.93. The highest BCUT2D eigenvalue weighted by molar-refractivity contribution is 7.98. The van der Waals surface area contributed by atoms with Crippen LogP contribution in [0.5, 0.6) is 0 Å². The quantitative estimate of drug-likeness (QED) is 0.181. The van der Waals surface area contributed by atoms with Crippen LogP contribution >= 0.6 is 23.1 Å². The van der Waals surface area contributed by atoms with Crippen LogP contribution in [-0.4, -0.2) is 15.0 Å². The van der Waals surface area contributed by atoms with Crippen LogP contribution in [0.3, 0.4) is 0 Å². The first-order valence-electron chi connectivity index (χ1n) is 17.0. The minimum absolute atomic E-state index is 0.652. The highest BCUT2D eigenvalue weighted by atomic mass is 32.2. The van der Waals surface area contributed by atoms with Gasteiger partial charge in [-0.15, -0.1) is 23.1 Å². The molecule has 0 saturated carbocycles. The van der Waals surface area contributed by atoms with Crippen molar-refractivity contribution in [1.29, 1.82) is 0 Å². The number of benzene rings is 7. The number of nitrogens with zero attached hydrogens (tertiary/aromatic N) is 3. The maximum atomic E-state index is 5.33. The summed E-state index contributed by atoms with van der Waals surface area (Å²) >= 11 is 3.70. The zero-order valence-electron chi connectivity index (χ0n) is 27.5. The summed E-state index contributed by atoms with van der Waals surface area (Å²) in [5, 5.41) is 2.40. The lowest BCUT2D eigenvalue weighted by Crippen LogP contribution is -2.02. The third kappa shape index (κ3) is 5.25. The van der Waals surface area contributed by atoms with Crippen LogP contribution in [0.1, 0.15) is 5.56 Å². The number of fused-ring (bicyclic) bond motifs is 6. The van der Waals surface area contributed by atoms with E-state index in [0.29, 0.717) is 17.5 Å². The van der Waals surface area contributed by atoms with E-state index in [1.807, 2.05) is 11.8 Å². The van der Waals surface area contributed by atoms with Gasteiger partial charge in [-0.25, -0.2) is 15.0 Å². The van der Waals surface area contributed by atoms with E-state index in [4.69, 9.17) is 15.0 Å². The Morgan fingerprint density at radius 2 is 1.00 bits per heavy atom. The molecule has 0 amide bonds. The summed E-state index contributed by atoms with van der Waals surface area (Å²) in [6.07, 6.45) is 0. The van der Waals surface area contributed by atoms with Gasteiger partial charge in [0.05, 0.1) is 0 Å². The number of rotatable bonds is 5. The predicted octanol–water partition coefficient (Wildman–Crippen LogP) is 12.8. The van der Waals surface area contributed by atoms with Crippen molar-refractivity contribution in [1.82, 2.24) is 15.0 Å². The van der Waals surface area contributed by atoms with Crippen molar-refractivity contribution in [2.45, 2.75) is 10.6 Å². The van der Waals surface area contributed by atoms with Crippen LogP contribution in [0.15, 0.2) is 169 Å². The molecule has 0 aliphatic carbocycles. The zero-order chi connectivity index (χ0) is 33.7. The van der Waals surface area contributed by atoms with E-state index in [0.717, 1.165) is 33.6 Å². The number of aromatic nitrogens is 3. The Balaban J connectivity index is 1.22. The van der Waals surface area contributed by atoms with E-state index < -0.39 is 0 Å². The fraction of sp³-hybridized carbons (Fsp3) is 0.0217. The molecule has 0 N–H and O–H groups in total. The Bertz CT molecular complexity index is 2770. The molecule has 9 aromatic rings. The summed E-state index contributed by atoms with van der Waals surface area (Å²) in [7, 11) is 0. The van der Waals surface area contributed by atoms with Gasteiger partial charge in [-0.05, 0) is 63.2 Å². The maximum absolute atomic E-state index is 5.33. The Morgan fingerprint density at radius 1 is 0.392 bits per heavy atom. The molecule has 0 unspecified atom stereocenters. The SMILES string of the molecule is c1ccc(-c2ccccc2-c2ccccc2-c2nc(-c3ccc4c(c3)-c3ccccc3SC4)nc(-c3cccc4sc5ccccc5c34)n2)cc1. The minimum atomic E-state index is 0.652. The Kier molecular flexibility index (Phi) is 7.33. The zero-order valence-corrected chi connectivity index (χ0v) is 29.1. The topological polar surface area (TPSA) is 38.7 Å². The molecule has 3 nitrogen and oxygen atoms in total. The molecule has 0 atom stereocenters. The normalized spacial score (nSPS) is 12.2. The lowest BCUT2D eigenvalue weighted by Gasteiger charge is -2.20. The maximum Gasteiger partial charge on any atom is 0.164 e. The van der Waals surface area contributed by atoms with Gasteiger partial charge in [-0.2, -0.15) is 0 Å². The molecule has 0 radical (unpaired) electrons. The first kappa shape index (κ1) is 30.0. The second-order valence-electron chi connectivity index (χ2n) is 12.7. The number of thioether (sulfide) groups is 1. The highest BCUT2D eigenvalue weighted by Gasteiger charge is 2.22. The molecule has 0 spiro atoms. The van der Waals surface area contributed by atoms with Crippen LogP contribution in [0.2, 0.25) is 0 Å². The molecule has 0 bridgehead atoms. The molecule has 1 aliphatic rings. The van der Waals surface area contributed by atoms with Crippen molar-refractivity contribution < 1.29 is 0 Å². The summed E-state index contributed by atoms with van der Waals surface area (Å²) in [5.41, 5.74) is 11.3. The Labute approximate surface area is 304 Å². The molecule has 5 heteroatoms. The largest absolute Gasteiger partial charge is 0.208 e. The van der Waals surface area contributed by atoms with E-state index in [2.05, 4.69) is 164 Å². The third-order valence-corrected chi connectivity index (χ3v) is 11.9. The summed E-state index contributed by atoms with van der Waals surface area (Å²) in [4.78, 5) is 17.2. The van der Waals surface area contributed by atoms with Crippen LogP contribution in [0.25, 0.3) is 87.7 Å². The average Bonchev–Trinajstić information content (AvgIpc) is 3.60. The van der Waals surface area contributed by atoms with Gasteiger partial charge in [0.15, 0.2) is 17.5 Å². The van der Waals surface area contributed by atoms with Gasteiger partial charge in [0.1, 0.15) is 0 Å². The number of hydrogen-bond acceptors (Lipinski definition) is 5. The number of hydrogen-bond donors (Lipinski definition) is 0. The Morgan fingerprint density at radius 3 is 1.84 bits per heavy atom. The molecule has 0 saturated heterocycles. The van der Waals surface area contributed by atoms with Gasteiger partial charge in [0.2, 0.25) is 0 Å². The van der Waals surface area contributed by atoms with Gasteiger partial charge >= 0.3 is 0 Å². The smallest absolute Gasteiger partial charge is 0.164 e. The van der Waals surface area contributed by atoms with Crippen LogP contribution in [0, 0.1) is 0 Å². The van der Waals surface area contributed by atoms with Crippen molar-refractivity contribution in [2.75, 3.05) is 0 Å². The molecule has 3 heterocycles. The lowest BCUT2D eigenvalue weighted by molar-refractivity contribution is 1.08. The second kappa shape index (κ2) is 12.5. The van der Waals surface area contributed by atoms with Gasteiger partial charge in [-0.1, -0.05) is 140 Å². The third-order valence-electron chi connectivity index (χ3n) is 9.68. The minimum Gasteiger partial charge on any atom is -0.208 e. The lowest BCUT2D eigenvalue weighted by atomic mass is 9.91. The fourth-order valence-corrected chi connectivity index (χ4v) is 9.47. The van der Waals surface area contributed by atoms with E-state index in [1.165, 1.54) is 52.9 Å². The monoisotopic (exact) mass is 687 g/mol. The van der Waals surface area contributed by atoms with Crippen molar-refractivity contribution >= 4 is 43.3 Å². The summed E-state index contributed by atoms with van der Waals surface area (Å²) < 4.78 is 2.47. The predicted molar refractivity (Wildman–Crippen MR) is 215 cm³/mol. The van der Waals surface area contributed by atoms with Gasteiger partial charge in [-0.3, -0.25) is 0 Å². The van der Waals surface area contributed by atoms with Gasteiger partial charge in [0, 0.05) is 47.5 Å². The Hall–Kier alpha value is -5.88. The van der Waals surface area contributed by atoms with Crippen LogP contribution < -0.4 is 0 Å². The van der Waals surface area contributed by atoms with Gasteiger partial charge < -0.3 is 0 Å². The first-order chi connectivity index (χ1) is 25.3. The molecule has 1 aliphatic heterocycles. The average molecular weight is 688 g/mol. The molecule has 240 valence electrons. The van der Waals surface area contributed by atoms with E-state index >= 15 is 0 Å². The summed E-state index contributed by atoms with van der Waals surface area (Å²) in [6, 6.07) is 58.1. The fourth-order valence-electron chi connectivity index (χ4n) is 7.27. The van der Waals surface area contributed by atoms with E-state index in [-0.39, 0.29) is 0 Å². The molecular weight excluding hydrogens is 659 g/mol. The van der Waals surface area contributed by atoms with Crippen molar-refractivity contribution in [2.24, 2.45) is 0 Å². The standard InChI is InChI=1S/C46H29N3S2/c1-2-13-29(14-3-1)32-15-4-5-16-33(32)34-17-6-7-19-36(34)45-47-44(30-25-26-31-28-50-40-22-10-8-18-35(40)39(31)27-30)48-46(49-45)38-21-12-24-42-43(38)37-20-9-11-23-41(37)51-42/h1-27H,28H2. The van der Waals surface area contributed by atoms with Gasteiger partial charge in [0.25, 0.3) is 0 Å². The molecular formula is C46H29N3S2. The molecule has 10 rings (SSSR count). The van der Waals surface area contributed by atoms with E-state index in [1.54, 1.807) is 11.3 Å². The van der Waals surface area contributed by atoms with Crippen LogP contribution in [0.4, 0.5) is 0 Å². The van der Waals surface area contributed by atoms with Crippen molar-refractivity contribution in [3.63, 3.8) is 0 Å².